The Morgan fingerprint density at radius 3 is 2.67 bits per heavy atom. The summed E-state index contributed by atoms with van der Waals surface area (Å²) in [7, 11) is 0. The maximum absolute atomic E-state index is 14.1. The first-order chi connectivity index (χ1) is 18.7. The molecule has 1 aliphatic rings. The molecule has 39 heavy (non-hydrogen) atoms. The zero-order valence-electron chi connectivity index (χ0n) is 21.2. The van der Waals surface area contributed by atoms with Crippen LogP contribution in [0, 0.1) is 5.82 Å². The second kappa shape index (κ2) is 12.4. The number of nitrogens with zero attached hydrogens (tertiary/aromatic N) is 3. The van der Waals surface area contributed by atoms with Crippen LogP contribution in [0.1, 0.15) is 47.3 Å². The van der Waals surface area contributed by atoms with E-state index < -0.39 is 17.6 Å². The number of carbonyl (C=O) groups is 4. The van der Waals surface area contributed by atoms with Gasteiger partial charge in [-0.05, 0) is 43.0 Å². The topological polar surface area (TPSA) is 148 Å². The second-order valence-corrected chi connectivity index (χ2v) is 9.91. The smallest absolute Gasteiger partial charge is 0.269 e. The number of primary amides is 1. The highest BCUT2D eigenvalue weighted by Crippen LogP contribution is 2.28. The van der Waals surface area contributed by atoms with Crippen LogP contribution < -0.4 is 11.1 Å². The monoisotopic (exact) mass is 557 g/mol. The Hall–Kier alpha value is -3.83. The average molecular weight is 558 g/mol. The molecule has 0 aliphatic heterocycles. The molecule has 4 N–H and O–H groups in total. The number of benzene rings is 2. The molecule has 1 saturated carbocycles. The van der Waals surface area contributed by atoms with Gasteiger partial charge in [0.2, 0.25) is 11.8 Å². The number of aromatic nitrogens is 2. The van der Waals surface area contributed by atoms with E-state index in [1.807, 2.05) is 0 Å². The molecule has 0 saturated heterocycles. The fraction of sp³-hybridized carbons (Fsp3) is 0.370. The molecule has 0 spiro atoms. The highest BCUT2D eigenvalue weighted by molar-refractivity contribution is 6.30. The molecule has 206 valence electrons. The van der Waals surface area contributed by atoms with E-state index in [1.54, 1.807) is 24.3 Å². The van der Waals surface area contributed by atoms with Gasteiger partial charge in [-0.3, -0.25) is 23.9 Å². The SMILES string of the molecule is NC(=O)c1nn(CC(=O)N(CC(=O)NCc2cccc(Cl)c2F)C2CC2)c2ccc(CC(=O)CCCO)cc12. The van der Waals surface area contributed by atoms with Gasteiger partial charge >= 0.3 is 0 Å². The lowest BCUT2D eigenvalue weighted by atomic mass is 10.0. The first-order valence-electron chi connectivity index (χ1n) is 12.6. The Morgan fingerprint density at radius 1 is 1.21 bits per heavy atom. The second-order valence-electron chi connectivity index (χ2n) is 9.51. The predicted octanol–water partition coefficient (Wildman–Crippen LogP) is 2.12. The van der Waals surface area contributed by atoms with Crippen molar-refractivity contribution >= 4 is 46.0 Å². The van der Waals surface area contributed by atoms with Crippen LogP contribution in [0.5, 0.6) is 0 Å². The van der Waals surface area contributed by atoms with E-state index in [0.29, 0.717) is 22.9 Å². The van der Waals surface area contributed by atoms with Gasteiger partial charge in [0.15, 0.2) is 5.69 Å². The van der Waals surface area contributed by atoms with Crippen molar-refractivity contribution in [3.05, 3.63) is 64.1 Å². The van der Waals surface area contributed by atoms with Crippen molar-refractivity contribution in [2.24, 2.45) is 5.73 Å². The van der Waals surface area contributed by atoms with E-state index in [1.165, 1.54) is 21.7 Å². The molecule has 2 aromatic carbocycles. The van der Waals surface area contributed by atoms with Gasteiger partial charge in [-0.15, -0.1) is 0 Å². The summed E-state index contributed by atoms with van der Waals surface area (Å²) >= 11 is 5.79. The number of amides is 3. The number of aliphatic hydroxyl groups excluding tert-OH is 1. The van der Waals surface area contributed by atoms with Crippen molar-refractivity contribution in [3.63, 3.8) is 0 Å². The number of hydrogen-bond acceptors (Lipinski definition) is 6. The predicted molar refractivity (Wildman–Crippen MR) is 141 cm³/mol. The molecule has 0 atom stereocenters. The van der Waals surface area contributed by atoms with Crippen molar-refractivity contribution in [2.75, 3.05) is 13.2 Å². The lowest BCUT2D eigenvalue weighted by Gasteiger charge is -2.22. The fourth-order valence-corrected chi connectivity index (χ4v) is 4.54. The van der Waals surface area contributed by atoms with E-state index in [2.05, 4.69) is 10.4 Å². The summed E-state index contributed by atoms with van der Waals surface area (Å²) in [5.74, 6) is -2.26. The number of carbonyl (C=O) groups excluding carboxylic acids is 4. The minimum Gasteiger partial charge on any atom is -0.396 e. The van der Waals surface area contributed by atoms with Crippen molar-refractivity contribution < 1.29 is 28.7 Å². The van der Waals surface area contributed by atoms with Gasteiger partial charge in [0, 0.05) is 43.0 Å². The minimum atomic E-state index is -0.776. The Kier molecular flexibility index (Phi) is 8.93. The molecule has 0 radical (unpaired) electrons. The standard InChI is InChI=1S/C27H29ClFN5O5/c28-21-5-1-3-17(25(21)29)13-31-23(37)14-33(18-7-8-18)24(38)15-34-22-9-6-16(11-19(36)4-2-10-35)12-20(22)26(32-34)27(30)39/h1,3,5-6,9,12,18,35H,2,4,7-8,10-11,13-15H2,(H2,30,39)(H,31,37). The van der Waals surface area contributed by atoms with Gasteiger partial charge in [0.05, 0.1) is 17.1 Å². The summed E-state index contributed by atoms with van der Waals surface area (Å²) in [4.78, 5) is 51.6. The van der Waals surface area contributed by atoms with Crippen LogP contribution in [0.15, 0.2) is 36.4 Å². The molecule has 3 aromatic rings. The van der Waals surface area contributed by atoms with E-state index >= 15 is 0 Å². The highest BCUT2D eigenvalue weighted by atomic mass is 35.5. The molecule has 0 unspecified atom stereocenters. The summed E-state index contributed by atoms with van der Waals surface area (Å²) in [6.45, 7) is -0.592. The Balaban J connectivity index is 1.47. The van der Waals surface area contributed by atoms with Crippen LogP contribution in [0.25, 0.3) is 10.9 Å². The van der Waals surface area contributed by atoms with Crippen LogP contribution >= 0.6 is 11.6 Å². The largest absolute Gasteiger partial charge is 0.396 e. The number of Topliss-reactive ketones (excluding diaryl/α,β-unsaturated/α-hetero) is 1. The Bertz CT molecular complexity index is 1420. The average Bonchev–Trinajstić information content (AvgIpc) is 3.68. The van der Waals surface area contributed by atoms with Gasteiger partial charge in [-0.25, -0.2) is 4.39 Å². The molecule has 1 fully saturated rings. The van der Waals surface area contributed by atoms with Gasteiger partial charge in [-0.2, -0.15) is 5.10 Å². The van der Waals surface area contributed by atoms with Gasteiger partial charge < -0.3 is 21.1 Å². The van der Waals surface area contributed by atoms with Gasteiger partial charge in [0.1, 0.15) is 18.1 Å². The first kappa shape index (κ1) is 28.2. The zero-order chi connectivity index (χ0) is 28.1. The van der Waals surface area contributed by atoms with Crippen LogP contribution in [-0.2, 0) is 33.9 Å². The normalized spacial score (nSPS) is 12.9. The summed E-state index contributed by atoms with van der Waals surface area (Å²) in [5, 5.41) is 16.2. The van der Waals surface area contributed by atoms with E-state index in [0.717, 1.165) is 12.8 Å². The molecular formula is C27H29ClFN5O5. The van der Waals surface area contributed by atoms with E-state index in [-0.39, 0.29) is 73.1 Å². The molecule has 4 rings (SSSR count). The maximum Gasteiger partial charge on any atom is 0.269 e. The lowest BCUT2D eigenvalue weighted by molar-refractivity contribution is -0.137. The minimum absolute atomic E-state index is 0.0262. The number of nitrogens with one attached hydrogen (secondary N) is 1. The van der Waals surface area contributed by atoms with Crippen molar-refractivity contribution in [1.29, 1.82) is 0 Å². The van der Waals surface area contributed by atoms with Crippen molar-refractivity contribution in [1.82, 2.24) is 20.0 Å². The van der Waals surface area contributed by atoms with E-state index in [4.69, 9.17) is 22.4 Å². The fourth-order valence-electron chi connectivity index (χ4n) is 4.35. The van der Waals surface area contributed by atoms with Crippen LogP contribution in [0.3, 0.4) is 0 Å². The summed E-state index contributed by atoms with van der Waals surface area (Å²) in [6, 6.07) is 9.46. The number of hydrogen-bond donors (Lipinski definition) is 3. The third kappa shape index (κ3) is 6.98. The molecule has 1 aliphatic carbocycles. The van der Waals surface area contributed by atoms with Crippen LogP contribution in [-0.4, -0.2) is 62.5 Å². The Labute approximate surface area is 228 Å². The van der Waals surface area contributed by atoms with Crippen molar-refractivity contribution in [3.8, 4) is 0 Å². The lowest BCUT2D eigenvalue weighted by Crippen LogP contribution is -2.43. The third-order valence-corrected chi connectivity index (χ3v) is 6.77. The Morgan fingerprint density at radius 2 is 1.97 bits per heavy atom. The third-order valence-electron chi connectivity index (χ3n) is 6.48. The molecule has 0 bridgehead atoms. The number of ketones is 1. The number of aliphatic hydroxyl groups is 1. The summed E-state index contributed by atoms with van der Waals surface area (Å²) < 4.78 is 15.5. The molecule has 10 nitrogen and oxygen atoms in total. The molecule has 12 heteroatoms. The molecule has 3 amide bonds. The highest BCUT2D eigenvalue weighted by Gasteiger charge is 2.34. The summed E-state index contributed by atoms with van der Waals surface area (Å²) in [6.07, 6.45) is 2.25. The van der Waals surface area contributed by atoms with Crippen LogP contribution in [0.2, 0.25) is 5.02 Å². The number of halogens is 2. The van der Waals surface area contributed by atoms with Crippen LogP contribution in [0.4, 0.5) is 4.39 Å². The molecule has 1 heterocycles. The zero-order valence-corrected chi connectivity index (χ0v) is 21.9. The number of rotatable bonds is 13. The molecule has 1 aromatic heterocycles. The molecular weight excluding hydrogens is 529 g/mol. The quantitative estimate of drug-likeness (QED) is 0.293. The summed E-state index contributed by atoms with van der Waals surface area (Å²) in [5.41, 5.74) is 6.89. The van der Waals surface area contributed by atoms with Crippen molar-refractivity contribution in [2.45, 2.75) is 51.2 Å². The number of nitrogens with two attached hydrogens (primary N) is 1. The number of fused-ring (bicyclic) bond motifs is 1. The maximum atomic E-state index is 14.1. The van der Waals surface area contributed by atoms with Gasteiger partial charge in [-0.1, -0.05) is 29.8 Å². The van der Waals surface area contributed by atoms with E-state index in [9.17, 15) is 23.6 Å². The van der Waals surface area contributed by atoms with Gasteiger partial charge in [0.25, 0.3) is 5.91 Å². The first-order valence-corrected chi connectivity index (χ1v) is 13.0.